The number of anilines is 1. The number of rotatable bonds is 6. The monoisotopic (exact) mass is 408 g/mol. The first kappa shape index (κ1) is 19.0. The topological polar surface area (TPSA) is 92.8 Å². The van der Waals surface area contributed by atoms with Crippen molar-refractivity contribution in [2.24, 2.45) is 35.5 Å². The number of likely N-dealkylation sites (tertiary alicyclic amines) is 1. The quantitative estimate of drug-likeness (QED) is 0.443. The summed E-state index contributed by atoms with van der Waals surface area (Å²) in [4.78, 5) is 51.4. The number of hydrogen-bond donors (Lipinski definition) is 1. The van der Waals surface area contributed by atoms with E-state index in [1.807, 2.05) is 6.92 Å². The molecule has 1 aliphatic heterocycles. The van der Waals surface area contributed by atoms with E-state index in [2.05, 4.69) is 17.5 Å². The van der Waals surface area contributed by atoms with Gasteiger partial charge in [0, 0.05) is 5.69 Å². The van der Waals surface area contributed by atoms with Crippen molar-refractivity contribution in [2.45, 2.75) is 19.8 Å². The van der Waals surface area contributed by atoms with E-state index in [-0.39, 0.29) is 42.0 Å². The fourth-order valence-corrected chi connectivity index (χ4v) is 5.49. The van der Waals surface area contributed by atoms with Gasteiger partial charge in [0.1, 0.15) is 6.54 Å². The number of imide groups is 1. The van der Waals surface area contributed by atoms with E-state index >= 15 is 0 Å². The molecule has 3 amide bonds. The van der Waals surface area contributed by atoms with Gasteiger partial charge < -0.3 is 10.1 Å². The minimum Gasteiger partial charge on any atom is -0.462 e. The van der Waals surface area contributed by atoms with Gasteiger partial charge in [0.15, 0.2) is 0 Å². The number of ether oxygens (including phenoxy) is 1. The molecular weight excluding hydrogens is 384 g/mol. The minimum atomic E-state index is -0.429. The second kappa shape index (κ2) is 7.07. The Bertz CT molecular complexity index is 917. The zero-order valence-electron chi connectivity index (χ0n) is 16.7. The summed E-state index contributed by atoms with van der Waals surface area (Å²) in [6, 6.07) is 6.35. The molecule has 156 valence electrons. The molecule has 4 aliphatic carbocycles. The first-order chi connectivity index (χ1) is 14.5. The van der Waals surface area contributed by atoms with E-state index in [1.54, 1.807) is 24.3 Å². The molecular formula is C23H24N2O5. The zero-order chi connectivity index (χ0) is 21.0. The van der Waals surface area contributed by atoms with Crippen molar-refractivity contribution in [1.82, 2.24) is 4.90 Å². The van der Waals surface area contributed by atoms with Gasteiger partial charge in [-0.05, 0) is 60.8 Å². The Kier molecular flexibility index (Phi) is 4.49. The van der Waals surface area contributed by atoms with Crippen molar-refractivity contribution in [3.63, 3.8) is 0 Å². The molecule has 1 aromatic carbocycles. The molecule has 0 unspecified atom stereocenters. The fraction of sp³-hybridized carbons (Fsp3) is 0.478. The van der Waals surface area contributed by atoms with Crippen LogP contribution in [0.3, 0.4) is 0 Å². The summed E-state index contributed by atoms with van der Waals surface area (Å²) in [6.45, 7) is 2.00. The van der Waals surface area contributed by atoms with E-state index in [1.165, 1.54) is 0 Å². The van der Waals surface area contributed by atoms with Gasteiger partial charge in [-0.1, -0.05) is 19.1 Å². The number of benzene rings is 1. The second-order valence-electron chi connectivity index (χ2n) is 8.68. The van der Waals surface area contributed by atoms with Crippen molar-refractivity contribution >= 4 is 29.4 Å². The molecule has 1 N–H and O–H groups in total. The number of carbonyl (C=O) groups is 4. The number of esters is 1. The molecule has 3 fully saturated rings. The Balaban J connectivity index is 1.22. The third kappa shape index (κ3) is 2.95. The highest BCUT2D eigenvalue weighted by Crippen LogP contribution is 2.65. The third-order valence-corrected chi connectivity index (χ3v) is 6.90. The second-order valence-corrected chi connectivity index (χ2v) is 8.68. The zero-order valence-corrected chi connectivity index (χ0v) is 16.7. The summed E-state index contributed by atoms with van der Waals surface area (Å²) in [5.41, 5.74) is 0.892. The summed E-state index contributed by atoms with van der Waals surface area (Å²) in [5, 5.41) is 2.70. The average Bonchev–Trinajstić information content (AvgIpc) is 3.53. The Hall–Kier alpha value is -2.96. The first-order valence-corrected chi connectivity index (χ1v) is 10.6. The van der Waals surface area contributed by atoms with Gasteiger partial charge in [0.05, 0.1) is 24.0 Å². The molecule has 30 heavy (non-hydrogen) atoms. The molecule has 2 bridgehead atoms. The Morgan fingerprint density at radius 3 is 2.20 bits per heavy atom. The van der Waals surface area contributed by atoms with Gasteiger partial charge in [0.25, 0.3) is 0 Å². The van der Waals surface area contributed by atoms with Gasteiger partial charge in [0.2, 0.25) is 17.7 Å². The predicted octanol–water partition coefficient (Wildman–Crippen LogP) is 2.25. The third-order valence-electron chi connectivity index (χ3n) is 6.90. The molecule has 0 aromatic heterocycles. The van der Waals surface area contributed by atoms with Crippen LogP contribution in [0.1, 0.15) is 30.1 Å². The van der Waals surface area contributed by atoms with Gasteiger partial charge >= 0.3 is 5.97 Å². The number of allylic oxidation sites excluding steroid dienone is 2. The average molecular weight is 408 g/mol. The van der Waals surface area contributed by atoms with Crippen LogP contribution in [0.25, 0.3) is 0 Å². The number of amides is 3. The van der Waals surface area contributed by atoms with Gasteiger partial charge in [-0.2, -0.15) is 0 Å². The molecule has 1 heterocycles. The van der Waals surface area contributed by atoms with Crippen LogP contribution in [0, 0.1) is 35.5 Å². The highest BCUT2D eigenvalue weighted by Gasteiger charge is 2.67. The van der Waals surface area contributed by atoms with Gasteiger partial charge in [-0.3, -0.25) is 19.3 Å². The van der Waals surface area contributed by atoms with Crippen LogP contribution in [0.4, 0.5) is 5.69 Å². The van der Waals surface area contributed by atoms with Crippen LogP contribution in [-0.2, 0) is 19.1 Å². The van der Waals surface area contributed by atoms with E-state index in [4.69, 9.17) is 4.74 Å². The highest BCUT2D eigenvalue weighted by molar-refractivity contribution is 6.09. The molecule has 7 heteroatoms. The van der Waals surface area contributed by atoms with Crippen molar-refractivity contribution in [2.75, 3.05) is 18.5 Å². The van der Waals surface area contributed by atoms with Crippen LogP contribution < -0.4 is 5.32 Å². The summed E-state index contributed by atoms with van der Waals surface area (Å²) >= 11 is 0. The molecule has 6 rings (SSSR count). The van der Waals surface area contributed by atoms with Crippen molar-refractivity contribution < 1.29 is 23.9 Å². The molecule has 1 aromatic rings. The lowest BCUT2D eigenvalue weighted by atomic mass is 9.63. The molecule has 0 radical (unpaired) electrons. The summed E-state index contributed by atoms with van der Waals surface area (Å²) in [5.74, 6) is -0.477. The van der Waals surface area contributed by atoms with Crippen molar-refractivity contribution in [3.8, 4) is 0 Å². The number of hydrogen-bond acceptors (Lipinski definition) is 5. The molecule has 5 aliphatic rings. The summed E-state index contributed by atoms with van der Waals surface area (Å²) in [6.07, 6.45) is 6.08. The lowest BCUT2D eigenvalue weighted by Crippen LogP contribution is -2.40. The van der Waals surface area contributed by atoms with E-state index in [0.29, 0.717) is 29.7 Å². The molecule has 0 spiro atoms. The van der Waals surface area contributed by atoms with Crippen LogP contribution in [0.5, 0.6) is 0 Å². The molecule has 7 nitrogen and oxygen atoms in total. The van der Waals surface area contributed by atoms with Crippen molar-refractivity contribution in [1.29, 1.82) is 0 Å². The molecule has 1 saturated heterocycles. The SMILES string of the molecule is CCCOC(=O)c1ccc(NC(=O)CN2C(=O)[C@@H]3[C@H]4C=C[C@@H]([C@@H]5C[C@@H]45)[C@@H]3C2=O)cc1. The maximum absolute atomic E-state index is 12.9. The highest BCUT2D eigenvalue weighted by atomic mass is 16.5. The smallest absolute Gasteiger partial charge is 0.338 e. The largest absolute Gasteiger partial charge is 0.462 e. The maximum Gasteiger partial charge on any atom is 0.338 e. The fourth-order valence-electron chi connectivity index (χ4n) is 5.49. The lowest BCUT2D eigenvalue weighted by molar-refractivity contribution is -0.142. The van der Waals surface area contributed by atoms with Crippen LogP contribution in [0.15, 0.2) is 36.4 Å². The van der Waals surface area contributed by atoms with Crippen molar-refractivity contribution in [3.05, 3.63) is 42.0 Å². The van der Waals surface area contributed by atoms with Gasteiger partial charge in [-0.15, -0.1) is 0 Å². The van der Waals surface area contributed by atoms with Crippen LogP contribution in [0.2, 0.25) is 0 Å². The molecule has 6 atom stereocenters. The van der Waals surface area contributed by atoms with E-state index < -0.39 is 11.9 Å². The van der Waals surface area contributed by atoms with E-state index in [0.717, 1.165) is 17.7 Å². The standard InChI is InChI=1S/C23H24N2O5/c1-2-9-30-23(29)12-3-5-13(6-4-12)24-18(26)11-25-21(27)19-14-7-8-15(17-10-16(14)17)20(19)22(25)28/h3-8,14-17,19-20H,2,9-11H2,1H3,(H,24,26)/t14-,15-,16-,17-,19-,20+/m0/s1. The number of nitrogens with zero attached hydrogens (tertiary/aromatic N) is 1. The summed E-state index contributed by atoms with van der Waals surface area (Å²) < 4.78 is 5.08. The number of carbonyl (C=O) groups excluding carboxylic acids is 4. The normalized spacial score (nSPS) is 32.6. The lowest BCUT2D eigenvalue weighted by Gasteiger charge is -2.37. The predicted molar refractivity (Wildman–Crippen MR) is 107 cm³/mol. The first-order valence-electron chi connectivity index (χ1n) is 10.6. The number of nitrogens with one attached hydrogen (secondary N) is 1. The van der Waals surface area contributed by atoms with Gasteiger partial charge in [-0.25, -0.2) is 4.79 Å². The Morgan fingerprint density at radius 2 is 1.63 bits per heavy atom. The van der Waals surface area contributed by atoms with Crippen LogP contribution in [-0.4, -0.2) is 41.7 Å². The molecule has 2 saturated carbocycles. The Labute approximate surface area is 174 Å². The van der Waals surface area contributed by atoms with Crippen LogP contribution >= 0.6 is 0 Å². The minimum absolute atomic E-state index is 0.148. The maximum atomic E-state index is 12.9. The summed E-state index contributed by atoms with van der Waals surface area (Å²) in [7, 11) is 0. The Morgan fingerprint density at radius 1 is 1.03 bits per heavy atom. The van der Waals surface area contributed by atoms with E-state index in [9.17, 15) is 19.2 Å².